The van der Waals surface area contributed by atoms with Crippen LogP contribution in [0.25, 0.3) is 17.1 Å². The van der Waals surface area contributed by atoms with Gasteiger partial charge in [0.1, 0.15) is 11.9 Å². The van der Waals surface area contributed by atoms with Gasteiger partial charge < -0.3 is 25.0 Å². The van der Waals surface area contributed by atoms with Crippen molar-refractivity contribution in [2.45, 2.75) is 69.5 Å². The van der Waals surface area contributed by atoms with Crippen molar-refractivity contribution in [2.75, 3.05) is 34.7 Å². The van der Waals surface area contributed by atoms with Gasteiger partial charge in [-0.3, -0.25) is 9.59 Å². The molecule has 0 spiro atoms. The standard InChI is InChI=1S/C42H48N8O2/c1-25-8-10-28(11-9-25)39-45-41(47-46-39)42(22-26(2)44-24-38(51)50-34(23-43)20-33-21-37(33)50)35-16-14-29(27(3)48(4)5)18-30(35)12-13-31-19-32(15-17-36(31)42)40(52)49(6)7/h8-11,14-19,26,33-34,37,44H,3,12-13,20-22,24H2,1-2,4-7H3,(H,45,46,47)/t26-,33+,34?,37-,42?/m0/s1. The third-order valence-corrected chi connectivity index (χ3v) is 11.3. The minimum Gasteiger partial charge on any atom is -0.378 e. The van der Waals surface area contributed by atoms with Gasteiger partial charge in [-0.05, 0) is 97.9 Å². The van der Waals surface area contributed by atoms with E-state index in [4.69, 9.17) is 10.2 Å². The fourth-order valence-corrected chi connectivity index (χ4v) is 8.36. The molecule has 1 aromatic heterocycles. The van der Waals surface area contributed by atoms with Crippen molar-refractivity contribution >= 4 is 17.5 Å². The van der Waals surface area contributed by atoms with E-state index in [0.717, 1.165) is 64.8 Å². The van der Waals surface area contributed by atoms with E-state index >= 15 is 0 Å². The summed E-state index contributed by atoms with van der Waals surface area (Å²) in [5.41, 5.74) is 8.26. The SMILES string of the molecule is C=C(c1ccc2c(c1)CCc1cc(C(=O)N(C)C)ccc1C2(C[C@H](C)NCC(=O)N1C(C#N)C[C@@H]2C[C@@H]21)c1nnc(-c2ccc(C)cc2)[nH]1)N(C)C. The second-order valence-corrected chi connectivity index (χ2v) is 15.3. The Morgan fingerprint density at radius 1 is 0.981 bits per heavy atom. The first-order chi connectivity index (χ1) is 24.9. The molecule has 2 heterocycles. The number of aromatic amines is 1. The Bertz CT molecular complexity index is 2000. The number of hydrogen-bond donors (Lipinski definition) is 2. The molecule has 10 nitrogen and oxygen atoms in total. The Kier molecular flexibility index (Phi) is 9.26. The highest BCUT2D eigenvalue weighted by atomic mass is 16.2. The second-order valence-electron chi connectivity index (χ2n) is 15.3. The van der Waals surface area contributed by atoms with Crippen molar-refractivity contribution in [3.63, 3.8) is 0 Å². The van der Waals surface area contributed by atoms with Gasteiger partial charge in [0.05, 0.1) is 18.0 Å². The van der Waals surface area contributed by atoms with Gasteiger partial charge in [-0.25, -0.2) is 0 Å². The van der Waals surface area contributed by atoms with Gasteiger partial charge in [0.15, 0.2) is 5.82 Å². The summed E-state index contributed by atoms with van der Waals surface area (Å²) >= 11 is 0. The minimum absolute atomic E-state index is 0.0286. The van der Waals surface area contributed by atoms with Gasteiger partial charge in [-0.2, -0.15) is 5.26 Å². The maximum absolute atomic E-state index is 13.6. The smallest absolute Gasteiger partial charge is 0.253 e. The van der Waals surface area contributed by atoms with Crippen LogP contribution in [-0.4, -0.2) is 94.6 Å². The lowest BCUT2D eigenvalue weighted by atomic mass is 9.67. The number of carbonyl (C=O) groups excluding carboxylic acids is 2. The normalized spacial score (nSPS) is 21.9. The van der Waals surface area contributed by atoms with Gasteiger partial charge in [0.2, 0.25) is 5.91 Å². The topological polar surface area (TPSA) is 121 Å². The van der Waals surface area contributed by atoms with Crippen LogP contribution in [-0.2, 0) is 23.1 Å². The van der Waals surface area contributed by atoms with Gasteiger partial charge in [-0.15, -0.1) is 10.2 Å². The molecule has 0 radical (unpaired) electrons. The number of fused-ring (bicyclic) bond motifs is 3. The molecule has 52 heavy (non-hydrogen) atoms. The van der Waals surface area contributed by atoms with E-state index in [0.29, 0.717) is 29.6 Å². The Balaban J connectivity index is 1.36. The third-order valence-electron chi connectivity index (χ3n) is 11.3. The van der Waals surface area contributed by atoms with Crippen LogP contribution in [0.15, 0.2) is 67.2 Å². The Morgan fingerprint density at radius 3 is 2.27 bits per heavy atom. The van der Waals surface area contributed by atoms with Crippen molar-refractivity contribution in [3.8, 4) is 17.5 Å². The monoisotopic (exact) mass is 696 g/mol. The average molecular weight is 697 g/mol. The van der Waals surface area contributed by atoms with Crippen molar-refractivity contribution < 1.29 is 9.59 Å². The van der Waals surface area contributed by atoms with Crippen molar-refractivity contribution in [1.29, 1.82) is 5.26 Å². The van der Waals surface area contributed by atoms with Crippen LogP contribution in [0.4, 0.5) is 0 Å². The number of piperidine rings is 1. The van der Waals surface area contributed by atoms with E-state index in [1.807, 2.05) is 48.2 Å². The highest BCUT2D eigenvalue weighted by Crippen LogP contribution is 2.49. The number of carbonyl (C=O) groups is 2. The molecule has 1 aliphatic heterocycles. The van der Waals surface area contributed by atoms with Gasteiger partial charge in [0.25, 0.3) is 5.91 Å². The Hall–Kier alpha value is -5.27. The molecule has 2 aliphatic carbocycles. The molecule has 268 valence electrons. The van der Waals surface area contributed by atoms with E-state index in [-0.39, 0.29) is 36.5 Å². The van der Waals surface area contributed by atoms with Crippen molar-refractivity contribution in [1.82, 2.24) is 35.2 Å². The Labute approximate surface area is 306 Å². The first kappa shape index (κ1) is 35.1. The molecule has 2 fully saturated rings. The molecule has 10 heteroatoms. The summed E-state index contributed by atoms with van der Waals surface area (Å²) in [7, 11) is 7.54. The molecule has 2 unspecified atom stereocenters. The lowest BCUT2D eigenvalue weighted by molar-refractivity contribution is -0.131. The largest absolute Gasteiger partial charge is 0.378 e. The Morgan fingerprint density at radius 2 is 1.63 bits per heavy atom. The van der Waals surface area contributed by atoms with Gasteiger partial charge in [-0.1, -0.05) is 54.6 Å². The first-order valence-corrected chi connectivity index (χ1v) is 18.2. The quantitative estimate of drug-likeness (QED) is 0.230. The highest BCUT2D eigenvalue weighted by Gasteiger charge is 2.54. The molecule has 0 bridgehead atoms. The lowest BCUT2D eigenvalue weighted by Crippen LogP contribution is -2.46. The molecule has 2 N–H and O–H groups in total. The fourth-order valence-electron chi connectivity index (χ4n) is 8.36. The van der Waals surface area contributed by atoms with Crippen LogP contribution in [0.5, 0.6) is 0 Å². The van der Waals surface area contributed by atoms with E-state index in [1.54, 1.807) is 19.0 Å². The average Bonchev–Trinajstić information content (AvgIpc) is 3.57. The van der Waals surface area contributed by atoms with Crippen molar-refractivity contribution in [3.05, 3.63) is 112 Å². The molecular weight excluding hydrogens is 649 g/mol. The van der Waals surface area contributed by atoms with Crippen LogP contribution in [0.1, 0.15) is 75.7 Å². The zero-order valence-corrected chi connectivity index (χ0v) is 31.0. The number of aromatic nitrogens is 3. The van der Waals surface area contributed by atoms with Crippen LogP contribution >= 0.6 is 0 Å². The second kappa shape index (κ2) is 13.7. The van der Waals surface area contributed by atoms with Gasteiger partial charge >= 0.3 is 0 Å². The predicted octanol–water partition coefficient (Wildman–Crippen LogP) is 5.33. The fraction of sp³-hybridized carbons (Fsp3) is 0.405. The summed E-state index contributed by atoms with van der Waals surface area (Å²) in [5.74, 6) is 1.75. The maximum atomic E-state index is 13.6. The number of nitrogens with zero attached hydrogens (tertiary/aromatic N) is 6. The molecular formula is C42H48N8O2. The maximum Gasteiger partial charge on any atom is 0.253 e. The number of nitrogens with one attached hydrogen (secondary N) is 2. The number of H-pyrrole nitrogens is 1. The molecule has 2 amide bonds. The molecule has 1 saturated carbocycles. The summed E-state index contributed by atoms with van der Waals surface area (Å²) in [4.78, 5) is 35.9. The summed E-state index contributed by atoms with van der Waals surface area (Å²) in [6.07, 6.45) is 3.79. The molecule has 5 atom stereocenters. The van der Waals surface area contributed by atoms with Crippen LogP contribution in [0, 0.1) is 24.2 Å². The predicted molar refractivity (Wildman–Crippen MR) is 202 cm³/mol. The summed E-state index contributed by atoms with van der Waals surface area (Å²) in [6.45, 7) is 8.66. The highest BCUT2D eigenvalue weighted by molar-refractivity contribution is 5.94. The summed E-state index contributed by atoms with van der Waals surface area (Å²) in [5, 5.41) is 22.9. The number of amides is 2. The lowest BCUT2D eigenvalue weighted by Gasteiger charge is -2.37. The zero-order valence-electron chi connectivity index (χ0n) is 31.0. The molecule has 1 saturated heterocycles. The van der Waals surface area contributed by atoms with E-state index in [9.17, 15) is 14.9 Å². The number of rotatable bonds is 10. The molecule has 7 rings (SSSR count). The van der Waals surface area contributed by atoms with Crippen molar-refractivity contribution in [2.24, 2.45) is 5.92 Å². The number of likely N-dealkylation sites (tertiary alicyclic amines) is 1. The number of benzene rings is 3. The molecule has 3 aliphatic rings. The third kappa shape index (κ3) is 6.28. The van der Waals surface area contributed by atoms with Crippen LogP contribution < -0.4 is 5.32 Å². The number of aryl methyl sites for hydroxylation is 3. The van der Waals surface area contributed by atoms with E-state index < -0.39 is 5.41 Å². The van der Waals surface area contributed by atoms with Crippen LogP contribution in [0.2, 0.25) is 0 Å². The summed E-state index contributed by atoms with van der Waals surface area (Å²) in [6, 6.07) is 22.9. The van der Waals surface area contributed by atoms with E-state index in [2.05, 4.69) is 73.2 Å². The minimum atomic E-state index is -0.825. The summed E-state index contributed by atoms with van der Waals surface area (Å²) < 4.78 is 0. The number of nitriles is 1. The molecule has 4 aromatic rings. The van der Waals surface area contributed by atoms with Gasteiger partial charge in [0, 0.05) is 57.1 Å². The number of hydrogen-bond acceptors (Lipinski definition) is 7. The molecule has 3 aromatic carbocycles. The van der Waals surface area contributed by atoms with E-state index in [1.165, 1.54) is 5.56 Å². The first-order valence-electron chi connectivity index (χ1n) is 18.2. The van der Waals surface area contributed by atoms with Crippen LogP contribution in [0.3, 0.4) is 0 Å². The zero-order chi connectivity index (χ0) is 36.9.